The summed E-state index contributed by atoms with van der Waals surface area (Å²) < 4.78 is 10.7. The molecule has 1 amide bonds. The molecule has 0 spiro atoms. The van der Waals surface area contributed by atoms with Gasteiger partial charge in [0.05, 0.1) is 20.0 Å². The molecule has 2 unspecified atom stereocenters. The molecule has 1 saturated heterocycles. The van der Waals surface area contributed by atoms with Crippen LogP contribution in [-0.4, -0.2) is 54.5 Å². The maximum atomic E-state index is 13.0. The second kappa shape index (κ2) is 11.4. The summed E-state index contributed by atoms with van der Waals surface area (Å²) in [5.41, 5.74) is 1.67. The highest BCUT2D eigenvalue weighted by Crippen LogP contribution is 2.40. The van der Waals surface area contributed by atoms with E-state index in [1.54, 1.807) is 26.6 Å². The van der Waals surface area contributed by atoms with Crippen LogP contribution >= 0.6 is 11.8 Å². The molecule has 7 nitrogen and oxygen atoms in total. The molecule has 2 N–H and O–H groups in total. The number of nitrogens with one attached hydrogen (secondary N) is 2. The van der Waals surface area contributed by atoms with Gasteiger partial charge in [0.2, 0.25) is 5.91 Å². The Hall–Kier alpha value is -2.32. The minimum atomic E-state index is -0.153. The zero-order chi connectivity index (χ0) is 24.0. The molecule has 0 bridgehead atoms. The van der Waals surface area contributed by atoms with E-state index in [-0.39, 0.29) is 11.4 Å². The highest BCUT2D eigenvalue weighted by molar-refractivity contribution is 7.99. The molecule has 1 aromatic carbocycles. The van der Waals surface area contributed by atoms with Crippen molar-refractivity contribution in [1.29, 1.82) is 0 Å². The molecule has 2 aromatic rings. The van der Waals surface area contributed by atoms with Crippen molar-refractivity contribution >= 4 is 17.7 Å². The molecule has 4 rings (SSSR count). The van der Waals surface area contributed by atoms with E-state index >= 15 is 0 Å². The molecule has 1 aliphatic heterocycles. The number of benzene rings is 1. The number of methoxy groups -OCH3 is 2. The van der Waals surface area contributed by atoms with E-state index in [2.05, 4.69) is 27.5 Å². The van der Waals surface area contributed by atoms with Gasteiger partial charge in [-0.05, 0) is 68.7 Å². The average molecular weight is 485 g/mol. The first-order valence-corrected chi connectivity index (χ1v) is 13.2. The molecule has 184 valence electrons. The predicted molar refractivity (Wildman–Crippen MR) is 135 cm³/mol. The fourth-order valence-electron chi connectivity index (χ4n) is 5.45. The van der Waals surface area contributed by atoms with Gasteiger partial charge in [0.15, 0.2) is 16.7 Å². The molecule has 34 heavy (non-hydrogen) atoms. The molecule has 8 heteroatoms. The fraction of sp³-hybridized carbons (Fsp3) is 0.577. The summed E-state index contributed by atoms with van der Waals surface area (Å²) in [6, 6.07) is 5.72. The predicted octanol–water partition coefficient (Wildman–Crippen LogP) is 4.32. The van der Waals surface area contributed by atoms with Gasteiger partial charge in [0, 0.05) is 30.0 Å². The summed E-state index contributed by atoms with van der Waals surface area (Å²) in [4.78, 5) is 22.0. The van der Waals surface area contributed by atoms with Crippen LogP contribution in [0.1, 0.15) is 45.4 Å². The Bertz CT molecular complexity index is 959. The quantitative estimate of drug-likeness (QED) is 0.405. The Morgan fingerprint density at radius 1 is 1.06 bits per heavy atom. The highest BCUT2D eigenvalue weighted by Gasteiger charge is 2.43. The summed E-state index contributed by atoms with van der Waals surface area (Å²) in [7, 11) is 3.23. The number of ether oxygens (including phenoxy) is 2. The first-order valence-electron chi connectivity index (χ1n) is 12.2. The molecule has 1 aliphatic carbocycles. The van der Waals surface area contributed by atoms with Gasteiger partial charge in [-0.3, -0.25) is 4.79 Å². The van der Waals surface area contributed by atoms with Crippen molar-refractivity contribution in [1.82, 2.24) is 20.6 Å². The normalized spacial score (nSPS) is 20.5. The molecule has 2 aliphatic rings. The van der Waals surface area contributed by atoms with Gasteiger partial charge < -0.3 is 20.1 Å². The summed E-state index contributed by atoms with van der Waals surface area (Å²) in [5, 5.41) is 7.59. The summed E-state index contributed by atoms with van der Waals surface area (Å²) in [5.74, 6) is 2.77. The van der Waals surface area contributed by atoms with Crippen LogP contribution < -0.4 is 20.1 Å². The van der Waals surface area contributed by atoms with Crippen LogP contribution in [0.15, 0.2) is 35.7 Å². The number of thioether (sulfide) groups is 1. The molecule has 2 fully saturated rings. The topological polar surface area (TPSA) is 85.4 Å². The van der Waals surface area contributed by atoms with Crippen molar-refractivity contribution < 1.29 is 14.3 Å². The second-order valence-corrected chi connectivity index (χ2v) is 10.4. The number of hydrogen-bond acceptors (Lipinski definition) is 7. The molecule has 2 heterocycles. The lowest BCUT2D eigenvalue weighted by Crippen LogP contribution is -2.59. The monoisotopic (exact) mass is 484 g/mol. The molecular weight excluding hydrogens is 448 g/mol. The third kappa shape index (κ3) is 5.66. The fourth-order valence-corrected chi connectivity index (χ4v) is 6.04. The van der Waals surface area contributed by atoms with Gasteiger partial charge in [-0.15, -0.1) is 0 Å². The summed E-state index contributed by atoms with van der Waals surface area (Å²) in [6.07, 6.45) is 10.9. The van der Waals surface area contributed by atoms with E-state index in [0.29, 0.717) is 34.2 Å². The van der Waals surface area contributed by atoms with Gasteiger partial charge in [-0.25, -0.2) is 9.97 Å². The number of carbonyl (C=O) groups is 1. The van der Waals surface area contributed by atoms with Crippen LogP contribution in [0.3, 0.4) is 0 Å². The molecule has 2 atom stereocenters. The van der Waals surface area contributed by atoms with Crippen molar-refractivity contribution in [3.63, 3.8) is 0 Å². The van der Waals surface area contributed by atoms with Gasteiger partial charge in [0.1, 0.15) is 0 Å². The van der Waals surface area contributed by atoms with Crippen molar-refractivity contribution in [3.8, 4) is 22.6 Å². The van der Waals surface area contributed by atoms with Crippen LogP contribution in [0.4, 0.5) is 0 Å². The van der Waals surface area contributed by atoms with E-state index in [9.17, 15) is 4.79 Å². The zero-order valence-electron chi connectivity index (χ0n) is 20.4. The van der Waals surface area contributed by atoms with Crippen LogP contribution in [0.2, 0.25) is 0 Å². The molecule has 1 aromatic heterocycles. The number of aromatic nitrogens is 2. The van der Waals surface area contributed by atoms with Crippen LogP contribution in [-0.2, 0) is 4.79 Å². The Morgan fingerprint density at radius 3 is 2.41 bits per heavy atom. The highest BCUT2D eigenvalue weighted by atomic mass is 32.2. The van der Waals surface area contributed by atoms with Gasteiger partial charge in [-0.2, -0.15) is 0 Å². The number of hydrogen-bond donors (Lipinski definition) is 2. The van der Waals surface area contributed by atoms with Crippen LogP contribution in [0.5, 0.6) is 11.5 Å². The van der Waals surface area contributed by atoms with E-state index in [1.165, 1.54) is 50.3 Å². The minimum absolute atomic E-state index is 0.0672. The van der Waals surface area contributed by atoms with Gasteiger partial charge in [-0.1, -0.05) is 30.7 Å². The number of rotatable bonds is 9. The molecule has 1 saturated carbocycles. The Morgan fingerprint density at radius 2 is 1.76 bits per heavy atom. The van der Waals surface area contributed by atoms with Crippen LogP contribution in [0, 0.1) is 11.8 Å². The van der Waals surface area contributed by atoms with Crippen molar-refractivity contribution in [2.24, 2.45) is 11.8 Å². The zero-order valence-corrected chi connectivity index (χ0v) is 21.2. The lowest BCUT2D eigenvalue weighted by atomic mass is 9.71. The number of amides is 1. The second-order valence-electron chi connectivity index (χ2n) is 9.47. The average Bonchev–Trinajstić information content (AvgIpc) is 3.44. The Labute approximate surface area is 206 Å². The smallest absolute Gasteiger partial charge is 0.230 e. The summed E-state index contributed by atoms with van der Waals surface area (Å²) >= 11 is 1.38. The first kappa shape index (κ1) is 24.8. The molecular formula is C26H36N4O3S. The largest absolute Gasteiger partial charge is 0.493 e. The van der Waals surface area contributed by atoms with Crippen LogP contribution in [0.25, 0.3) is 11.1 Å². The van der Waals surface area contributed by atoms with E-state index < -0.39 is 0 Å². The maximum Gasteiger partial charge on any atom is 0.230 e. The van der Waals surface area contributed by atoms with Crippen molar-refractivity contribution in [2.75, 3.05) is 33.1 Å². The number of piperidine rings is 1. The van der Waals surface area contributed by atoms with Gasteiger partial charge in [0.25, 0.3) is 0 Å². The minimum Gasteiger partial charge on any atom is -0.493 e. The number of carbonyl (C=O) groups excluding carboxylic acids is 1. The lowest BCUT2D eigenvalue weighted by molar-refractivity contribution is -0.122. The Kier molecular flexibility index (Phi) is 8.32. The van der Waals surface area contributed by atoms with Gasteiger partial charge >= 0.3 is 0 Å². The Balaban J connectivity index is 1.37. The third-order valence-corrected chi connectivity index (χ3v) is 8.31. The van der Waals surface area contributed by atoms with E-state index in [1.807, 2.05) is 18.2 Å². The van der Waals surface area contributed by atoms with E-state index in [4.69, 9.17) is 9.47 Å². The lowest BCUT2D eigenvalue weighted by Gasteiger charge is -2.45. The third-order valence-electron chi connectivity index (χ3n) is 7.43. The van der Waals surface area contributed by atoms with E-state index in [0.717, 1.165) is 24.2 Å². The van der Waals surface area contributed by atoms with Crippen molar-refractivity contribution in [2.45, 2.75) is 56.1 Å². The maximum absolute atomic E-state index is 13.0. The first-order chi connectivity index (χ1) is 16.5. The summed E-state index contributed by atoms with van der Waals surface area (Å²) in [6.45, 7) is 4.34. The standard InChI is InChI=1S/C26H36N4O3S/c1-26(20-7-4-5-8-20,21-9-6-12-27-16-21)30-24(31)17-34-25-28-14-19(15-29-25)18-10-11-22(32-2)23(13-18)33-3/h10-11,13-15,20-21,27H,4-9,12,16-17H2,1-3H3,(H,30,31). The number of nitrogens with zero attached hydrogens (tertiary/aromatic N) is 2. The molecule has 0 radical (unpaired) electrons. The van der Waals surface area contributed by atoms with Crippen molar-refractivity contribution in [3.05, 3.63) is 30.6 Å². The SMILES string of the molecule is COc1ccc(-c2cnc(SCC(=O)NC(C)(C3CCCC3)C3CCCNC3)nc2)cc1OC.